The van der Waals surface area contributed by atoms with E-state index in [2.05, 4.69) is 4.98 Å². The quantitative estimate of drug-likeness (QED) is 0.798. The van der Waals surface area contributed by atoms with Crippen molar-refractivity contribution in [3.05, 3.63) is 53.3 Å². The van der Waals surface area contributed by atoms with Crippen molar-refractivity contribution in [3.63, 3.8) is 0 Å². The van der Waals surface area contributed by atoms with Crippen LogP contribution in [0.1, 0.15) is 16.8 Å². The van der Waals surface area contributed by atoms with Crippen molar-refractivity contribution < 1.29 is 17.9 Å². The minimum atomic E-state index is -4.43. The molecule has 0 fully saturated rings. The van der Waals surface area contributed by atoms with E-state index in [0.29, 0.717) is 5.75 Å². The third-order valence-corrected chi connectivity index (χ3v) is 2.46. The number of hydrogen-bond acceptors (Lipinski definition) is 2. The van der Waals surface area contributed by atoms with Crippen molar-refractivity contribution >= 4 is 0 Å². The molecule has 1 aromatic carbocycles. The molecule has 1 aromatic heterocycles. The second-order valence-corrected chi connectivity index (χ2v) is 4.30. The molecule has 0 saturated carbocycles. The minimum Gasteiger partial charge on any atom is -0.456 e. The number of rotatable bonds is 2. The Morgan fingerprint density at radius 3 is 2.05 bits per heavy atom. The van der Waals surface area contributed by atoms with Gasteiger partial charge in [-0.1, -0.05) is 6.07 Å². The van der Waals surface area contributed by atoms with Gasteiger partial charge in [0.25, 0.3) is 0 Å². The van der Waals surface area contributed by atoms with Crippen LogP contribution in [0.5, 0.6) is 11.5 Å². The molecule has 0 aliphatic carbocycles. The number of hydrogen-bond donors (Lipinski definition) is 0. The lowest BCUT2D eigenvalue weighted by Crippen LogP contribution is -2.07. The molecule has 1 heterocycles. The van der Waals surface area contributed by atoms with Crippen LogP contribution in [0, 0.1) is 13.8 Å². The van der Waals surface area contributed by atoms with Crippen LogP contribution >= 0.6 is 0 Å². The Morgan fingerprint density at radius 1 is 0.947 bits per heavy atom. The molecule has 2 rings (SSSR count). The summed E-state index contributed by atoms with van der Waals surface area (Å²) in [5.41, 5.74) is 1.12. The van der Waals surface area contributed by atoms with Crippen molar-refractivity contribution in [2.75, 3.05) is 0 Å². The number of benzene rings is 1. The number of pyridine rings is 1. The highest BCUT2D eigenvalue weighted by Gasteiger charge is 2.32. The Balaban J connectivity index is 2.20. The highest BCUT2D eigenvalue weighted by atomic mass is 19.4. The number of ether oxygens (including phenoxy) is 1. The van der Waals surface area contributed by atoms with Crippen LogP contribution < -0.4 is 4.74 Å². The third-order valence-electron chi connectivity index (χ3n) is 2.46. The number of alkyl halides is 3. The summed E-state index contributed by atoms with van der Waals surface area (Å²) in [6.07, 6.45) is -3.36. The molecule has 100 valence electrons. The Bertz CT molecular complexity index is 556. The van der Waals surface area contributed by atoms with Crippen molar-refractivity contribution in [1.29, 1.82) is 0 Å². The molecule has 0 N–H and O–H groups in total. The molecular formula is C14H12F3NO. The lowest BCUT2D eigenvalue weighted by molar-refractivity contribution is -0.141. The predicted molar refractivity (Wildman–Crippen MR) is 65.2 cm³/mol. The van der Waals surface area contributed by atoms with Gasteiger partial charge in [-0.05, 0) is 49.2 Å². The zero-order chi connectivity index (χ0) is 14.0. The second-order valence-electron chi connectivity index (χ2n) is 4.30. The maximum atomic E-state index is 12.3. The summed E-state index contributed by atoms with van der Waals surface area (Å²) in [6, 6.07) is 7.76. The van der Waals surface area contributed by atoms with E-state index in [1.807, 2.05) is 32.0 Å². The molecule has 0 unspecified atom stereocenters. The van der Waals surface area contributed by atoms with E-state index in [4.69, 9.17) is 4.74 Å². The fraction of sp³-hybridized carbons (Fsp3) is 0.214. The van der Waals surface area contributed by atoms with Crippen LogP contribution in [0.15, 0.2) is 36.5 Å². The van der Waals surface area contributed by atoms with Gasteiger partial charge in [0, 0.05) is 0 Å². The highest BCUT2D eigenvalue weighted by molar-refractivity contribution is 5.36. The molecule has 0 saturated heterocycles. The zero-order valence-corrected chi connectivity index (χ0v) is 10.5. The fourth-order valence-corrected chi connectivity index (χ4v) is 1.74. The van der Waals surface area contributed by atoms with Gasteiger partial charge in [0.2, 0.25) is 0 Å². The van der Waals surface area contributed by atoms with E-state index in [1.54, 1.807) is 0 Å². The topological polar surface area (TPSA) is 22.1 Å². The number of aromatic nitrogens is 1. The first-order valence-corrected chi connectivity index (χ1v) is 5.64. The molecule has 2 aromatic rings. The van der Waals surface area contributed by atoms with Gasteiger partial charge in [0.1, 0.15) is 17.2 Å². The molecule has 2 nitrogen and oxygen atoms in total. The van der Waals surface area contributed by atoms with Crippen molar-refractivity contribution in [2.45, 2.75) is 20.0 Å². The summed E-state index contributed by atoms with van der Waals surface area (Å²) in [5.74, 6) is 0.858. The average molecular weight is 267 g/mol. The molecule has 0 amide bonds. The van der Waals surface area contributed by atoms with Crippen LogP contribution in [0.3, 0.4) is 0 Å². The van der Waals surface area contributed by atoms with Gasteiger partial charge < -0.3 is 4.74 Å². The standard InChI is InChI=1S/C14H12F3NO/c1-9-5-10(2)7-12(6-9)19-11-3-4-13(18-8-11)14(15,16)17/h3-8H,1-2H3. The second kappa shape index (κ2) is 4.91. The van der Waals surface area contributed by atoms with Crippen LogP contribution in [0.4, 0.5) is 13.2 Å². The number of halogens is 3. The zero-order valence-electron chi connectivity index (χ0n) is 10.5. The van der Waals surface area contributed by atoms with E-state index >= 15 is 0 Å². The van der Waals surface area contributed by atoms with Crippen molar-refractivity contribution in [3.8, 4) is 11.5 Å². The van der Waals surface area contributed by atoms with Crippen LogP contribution in [0.2, 0.25) is 0 Å². The monoisotopic (exact) mass is 267 g/mol. The predicted octanol–water partition coefficient (Wildman–Crippen LogP) is 4.51. The lowest BCUT2D eigenvalue weighted by atomic mass is 10.1. The van der Waals surface area contributed by atoms with Gasteiger partial charge in [0.05, 0.1) is 6.20 Å². The van der Waals surface area contributed by atoms with Gasteiger partial charge in [-0.25, -0.2) is 4.98 Å². The SMILES string of the molecule is Cc1cc(C)cc(Oc2ccc(C(F)(F)F)nc2)c1. The molecule has 0 bridgehead atoms. The molecular weight excluding hydrogens is 255 g/mol. The van der Waals surface area contributed by atoms with Gasteiger partial charge in [0.15, 0.2) is 0 Å². The molecule has 0 radical (unpaired) electrons. The summed E-state index contributed by atoms with van der Waals surface area (Å²) in [4.78, 5) is 3.34. The average Bonchev–Trinajstić information content (AvgIpc) is 2.26. The Morgan fingerprint density at radius 2 is 1.58 bits per heavy atom. The summed E-state index contributed by atoms with van der Waals surface area (Å²) in [7, 11) is 0. The molecule has 5 heteroatoms. The fourth-order valence-electron chi connectivity index (χ4n) is 1.74. The van der Waals surface area contributed by atoms with Gasteiger partial charge in [-0.15, -0.1) is 0 Å². The van der Waals surface area contributed by atoms with E-state index in [0.717, 1.165) is 23.4 Å². The lowest BCUT2D eigenvalue weighted by Gasteiger charge is -2.09. The van der Waals surface area contributed by atoms with Crippen molar-refractivity contribution in [1.82, 2.24) is 4.98 Å². The van der Waals surface area contributed by atoms with Crippen LogP contribution in [-0.4, -0.2) is 4.98 Å². The van der Waals surface area contributed by atoms with Crippen LogP contribution in [0.25, 0.3) is 0 Å². The van der Waals surface area contributed by atoms with E-state index in [9.17, 15) is 13.2 Å². The van der Waals surface area contributed by atoms with Gasteiger partial charge in [-0.3, -0.25) is 0 Å². The van der Waals surface area contributed by atoms with Crippen molar-refractivity contribution in [2.24, 2.45) is 0 Å². The first-order valence-electron chi connectivity index (χ1n) is 5.64. The first kappa shape index (κ1) is 13.4. The number of nitrogens with zero attached hydrogens (tertiary/aromatic N) is 1. The molecule has 0 spiro atoms. The smallest absolute Gasteiger partial charge is 0.433 e. The third kappa shape index (κ3) is 3.47. The first-order chi connectivity index (χ1) is 8.84. The molecule has 19 heavy (non-hydrogen) atoms. The minimum absolute atomic E-state index is 0.276. The maximum Gasteiger partial charge on any atom is 0.433 e. The van der Waals surface area contributed by atoms with E-state index in [1.165, 1.54) is 6.07 Å². The normalized spacial score (nSPS) is 11.4. The number of aryl methyl sites for hydroxylation is 2. The summed E-state index contributed by atoms with van der Waals surface area (Å²) < 4.78 is 42.5. The maximum absolute atomic E-state index is 12.3. The summed E-state index contributed by atoms with van der Waals surface area (Å²) in [6.45, 7) is 3.84. The van der Waals surface area contributed by atoms with Crippen LogP contribution in [-0.2, 0) is 6.18 Å². The Kier molecular flexibility index (Phi) is 3.46. The molecule has 0 aliphatic rings. The largest absolute Gasteiger partial charge is 0.456 e. The highest BCUT2D eigenvalue weighted by Crippen LogP contribution is 2.29. The van der Waals surface area contributed by atoms with Gasteiger partial charge in [-0.2, -0.15) is 13.2 Å². The summed E-state index contributed by atoms with van der Waals surface area (Å²) >= 11 is 0. The summed E-state index contributed by atoms with van der Waals surface area (Å²) in [5, 5.41) is 0. The molecule has 0 aliphatic heterocycles. The Hall–Kier alpha value is -2.04. The van der Waals surface area contributed by atoms with Gasteiger partial charge >= 0.3 is 6.18 Å². The van der Waals surface area contributed by atoms with E-state index in [-0.39, 0.29) is 5.75 Å². The van der Waals surface area contributed by atoms with E-state index < -0.39 is 11.9 Å². The molecule has 0 atom stereocenters. The Labute approximate surface area is 108 Å².